The van der Waals surface area contributed by atoms with Crippen molar-refractivity contribution in [1.82, 2.24) is 4.90 Å². The van der Waals surface area contributed by atoms with Gasteiger partial charge in [-0.3, -0.25) is 14.4 Å². The van der Waals surface area contributed by atoms with Crippen LogP contribution in [0, 0.1) is 5.92 Å². The summed E-state index contributed by atoms with van der Waals surface area (Å²) in [4.78, 5) is 34.9. The highest BCUT2D eigenvalue weighted by molar-refractivity contribution is 5.98. The van der Waals surface area contributed by atoms with Crippen molar-refractivity contribution in [2.45, 2.75) is 6.42 Å². The SMILES string of the molecule is COC(=O)C(CC(=O)N(C)C)C(=O)OC. The quantitative estimate of drug-likeness (QED) is 0.465. The smallest absolute Gasteiger partial charge is 0.320 e. The van der Waals surface area contributed by atoms with E-state index in [1.165, 1.54) is 19.0 Å². The molecule has 0 aliphatic rings. The zero-order valence-corrected chi connectivity index (χ0v) is 9.27. The highest BCUT2D eigenvalue weighted by atomic mass is 16.5. The molecule has 0 unspecified atom stereocenters. The van der Waals surface area contributed by atoms with Crippen LogP contribution in [-0.4, -0.2) is 51.1 Å². The van der Waals surface area contributed by atoms with E-state index in [-0.39, 0.29) is 12.3 Å². The van der Waals surface area contributed by atoms with Gasteiger partial charge < -0.3 is 14.4 Å². The molecule has 0 aromatic rings. The molecule has 0 fully saturated rings. The molecule has 6 heteroatoms. The van der Waals surface area contributed by atoms with Crippen LogP contribution in [0.4, 0.5) is 0 Å². The molecule has 15 heavy (non-hydrogen) atoms. The number of ether oxygens (including phenoxy) is 2. The lowest BCUT2D eigenvalue weighted by atomic mass is 10.1. The van der Waals surface area contributed by atoms with E-state index in [9.17, 15) is 14.4 Å². The molecule has 0 aliphatic heterocycles. The lowest BCUT2D eigenvalue weighted by Gasteiger charge is -2.15. The number of methoxy groups -OCH3 is 2. The van der Waals surface area contributed by atoms with Gasteiger partial charge in [-0.15, -0.1) is 0 Å². The average Bonchev–Trinajstić information content (AvgIpc) is 2.23. The number of hydrogen-bond acceptors (Lipinski definition) is 5. The monoisotopic (exact) mass is 217 g/mol. The third kappa shape index (κ3) is 3.97. The molecule has 0 radical (unpaired) electrons. The number of carbonyl (C=O) groups is 3. The molecule has 0 heterocycles. The summed E-state index contributed by atoms with van der Waals surface area (Å²) >= 11 is 0. The molecule has 0 saturated carbocycles. The Kier molecular flexibility index (Phi) is 5.36. The minimum Gasteiger partial charge on any atom is -0.468 e. The lowest BCUT2D eigenvalue weighted by Crippen LogP contribution is -2.33. The van der Waals surface area contributed by atoms with Gasteiger partial charge in [-0.2, -0.15) is 0 Å². The van der Waals surface area contributed by atoms with Crippen LogP contribution < -0.4 is 0 Å². The van der Waals surface area contributed by atoms with E-state index in [0.29, 0.717) is 0 Å². The second-order valence-electron chi connectivity index (χ2n) is 3.09. The van der Waals surface area contributed by atoms with E-state index < -0.39 is 17.9 Å². The van der Waals surface area contributed by atoms with Crippen molar-refractivity contribution in [3.63, 3.8) is 0 Å². The molecule has 1 amide bonds. The maximum atomic E-state index is 11.3. The van der Waals surface area contributed by atoms with Crippen LogP contribution >= 0.6 is 0 Å². The molecule has 0 atom stereocenters. The summed E-state index contributed by atoms with van der Waals surface area (Å²) in [7, 11) is 5.37. The highest BCUT2D eigenvalue weighted by Crippen LogP contribution is 2.09. The first-order valence-electron chi connectivity index (χ1n) is 4.29. The van der Waals surface area contributed by atoms with Gasteiger partial charge in [-0.05, 0) is 0 Å². The largest absolute Gasteiger partial charge is 0.468 e. The van der Waals surface area contributed by atoms with Crippen molar-refractivity contribution in [2.24, 2.45) is 5.92 Å². The van der Waals surface area contributed by atoms with Crippen LogP contribution in [0.3, 0.4) is 0 Å². The fraction of sp³-hybridized carbons (Fsp3) is 0.667. The van der Waals surface area contributed by atoms with E-state index >= 15 is 0 Å². The first-order chi connectivity index (χ1) is 6.93. The summed E-state index contributed by atoms with van der Waals surface area (Å²) in [5.41, 5.74) is 0. The zero-order valence-electron chi connectivity index (χ0n) is 9.27. The predicted octanol–water partition coefficient (Wildman–Crippen LogP) is -0.573. The topological polar surface area (TPSA) is 72.9 Å². The second-order valence-corrected chi connectivity index (χ2v) is 3.09. The Morgan fingerprint density at radius 2 is 1.47 bits per heavy atom. The van der Waals surface area contributed by atoms with E-state index in [4.69, 9.17) is 0 Å². The molecule has 0 spiro atoms. The van der Waals surface area contributed by atoms with Crippen LogP contribution in [0.5, 0.6) is 0 Å². The van der Waals surface area contributed by atoms with Crippen LogP contribution in [0.25, 0.3) is 0 Å². The Hall–Kier alpha value is -1.59. The van der Waals surface area contributed by atoms with E-state index in [2.05, 4.69) is 9.47 Å². The maximum Gasteiger partial charge on any atom is 0.320 e. The van der Waals surface area contributed by atoms with Crippen molar-refractivity contribution < 1.29 is 23.9 Å². The van der Waals surface area contributed by atoms with Crippen LogP contribution in [-0.2, 0) is 23.9 Å². The molecular formula is C9H15NO5. The van der Waals surface area contributed by atoms with E-state index in [1.54, 1.807) is 0 Å². The van der Waals surface area contributed by atoms with Crippen LogP contribution in [0.15, 0.2) is 0 Å². The first-order valence-corrected chi connectivity index (χ1v) is 4.29. The van der Waals surface area contributed by atoms with Gasteiger partial charge >= 0.3 is 11.9 Å². The maximum absolute atomic E-state index is 11.3. The van der Waals surface area contributed by atoms with Gasteiger partial charge in [0, 0.05) is 14.1 Å². The average molecular weight is 217 g/mol. The van der Waals surface area contributed by atoms with Crippen molar-refractivity contribution in [3.8, 4) is 0 Å². The fourth-order valence-electron chi connectivity index (χ4n) is 0.905. The Bertz CT molecular complexity index is 245. The predicted molar refractivity (Wildman–Crippen MR) is 50.8 cm³/mol. The van der Waals surface area contributed by atoms with Crippen molar-refractivity contribution in [1.29, 1.82) is 0 Å². The Morgan fingerprint density at radius 1 is 1.07 bits per heavy atom. The van der Waals surface area contributed by atoms with Crippen LogP contribution in [0.1, 0.15) is 6.42 Å². The number of carbonyl (C=O) groups excluding carboxylic acids is 3. The Labute approximate surface area is 88.1 Å². The van der Waals surface area contributed by atoms with Gasteiger partial charge in [0.2, 0.25) is 5.91 Å². The fourth-order valence-corrected chi connectivity index (χ4v) is 0.905. The molecule has 86 valence electrons. The Balaban J connectivity index is 4.59. The highest BCUT2D eigenvalue weighted by Gasteiger charge is 2.31. The number of amides is 1. The molecule has 0 aliphatic carbocycles. The number of esters is 2. The zero-order chi connectivity index (χ0) is 12.0. The summed E-state index contributed by atoms with van der Waals surface area (Å²) in [6, 6.07) is 0. The summed E-state index contributed by atoms with van der Waals surface area (Å²) in [6.07, 6.45) is -0.244. The van der Waals surface area contributed by atoms with Crippen molar-refractivity contribution in [3.05, 3.63) is 0 Å². The normalized spacial score (nSPS) is 9.67. The van der Waals surface area contributed by atoms with Gasteiger partial charge in [-0.1, -0.05) is 0 Å². The second kappa shape index (κ2) is 6.00. The molecule has 0 N–H and O–H groups in total. The minimum atomic E-state index is -1.19. The summed E-state index contributed by atoms with van der Waals surface area (Å²) < 4.78 is 8.81. The summed E-state index contributed by atoms with van der Waals surface area (Å²) in [5.74, 6) is -3.06. The minimum absolute atomic E-state index is 0.244. The van der Waals surface area contributed by atoms with E-state index in [0.717, 1.165) is 14.2 Å². The van der Waals surface area contributed by atoms with Gasteiger partial charge in [0.05, 0.1) is 20.6 Å². The van der Waals surface area contributed by atoms with E-state index in [1.807, 2.05) is 0 Å². The summed E-state index contributed by atoms with van der Waals surface area (Å²) in [6.45, 7) is 0. The molecule has 0 aromatic carbocycles. The number of hydrogen-bond donors (Lipinski definition) is 0. The van der Waals surface area contributed by atoms with Crippen molar-refractivity contribution in [2.75, 3.05) is 28.3 Å². The Morgan fingerprint density at radius 3 is 1.73 bits per heavy atom. The standard InChI is InChI=1S/C9H15NO5/c1-10(2)7(11)5-6(8(12)14-3)9(13)15-4/h6H,5H2,1-4H3. The van der Waals surface area contributed by atoms with Gasteiger partial charge in [0.1, 0.15) is 0 Å². The first kappa shape index (κ1) is 13.4. The van der Waals surface area contributed by atoms with Gasteiger partial charge in [0.25, 0.3) is 0 Å². The van der Waals surface area contributed by atoms with Gasteiger partial charge in [0.15, 0.2) is 5.92 Å². The van der Waals surface area contributed by atoms with Crippen LogP contribution in [0.2, 0.25) is 0 Å². The third-order valence-corrected chi connectivity index (χ3v) is 1.85. The van der Waals surface area contributed by atoms with Crippen molar-refractivity contribution >= 4 is 17.8 Å². The summed E-state index contributed by atoms with van der Waals surface area (Å²) in [5, 5.41) is 0. The number of rotatable bonds is 4. The van der Waals surface area contributed by atoms with Gasteiger partial charge in [-0.25, -0.2) is 0 Å². The number of nitrogens with zero attached hydrogens (tertiary/aromatic N) is 1. The lowest BCUT2D eigenvalue weighted by molar-refractivity contribution is -0.161. The third-order valence-electron chi connectivity index (χ3n) is 1.85. The molecule has 6 nitrogen and oxygen atoms in total. The molecule has 0 saturated heterocycles. The molecule has 0 rings (SSSR count). The molecular weight excluding hydrogens is 202 g/mol. The molecule has 0 aromatic heterocycles. The molecule has 0 bridgehead atoms.